The van der Waals surface area contributed by atoms with Crippen molar-refractivity contribution < 1.29 is 15.2 Å². The lowest BCUT2D eigenvalue weighted by Gasteiger charge is -2.29. The number of benzene rings is 4. The van der Waals surface area contributed by atoms with Crippen molar-refractivity contribution in [1.82, 2.24) is 19.9 Å². The molecule has 0 fully saturated rings. The number of unbranched alkanes of at least 4 members (excludes halogenated alkanes) is 1. The van der Waals surface area contributed by atoms with Crippen LogP contribution in [-0.2, 0) is 53.9 Å². The molecular formula is C71H92Al4N5O4P. The van der Waals surface area contributed by atoms with Gasteiger partial charge < -0.3 is 20.9 Å². The first-order valence-electron chi connectivity index (χ1n) is 29.9. The Balaban J connectivity index is 0.000000207. The number of nitrogens with zero attached hydrogens (tertiary/aromatic N) is 4. The van der Waals surface area contributed by atoms with Crippen LogP contribution in [0.5, 0.6) is 23.0 Å². The molecular weight excluding hydrogens is 1130 g/mol. The van der Waals surface area contributed by atoms with E-state index in [1.165, 1.54) is 62.8 Å². The first-order chi connectivity index (χ1) is 40.5. The first-order valence-corrected chi connectivity index (χ1v) is 33.0. The molecule has 0 aliphatic heterocycles. The lowest BCUT2D eigenvalue weighted by Crippen LogP contribution is -2.22. The van der Waals surface area contributed by atoms with Gasteiger partial charge in [0.25, 0.3) is 0 Å². The van der Waals surface area contributed by atoms with Crippen molar-refractivity contribution in [3.63, 3.8) is 0 Å². The summed E-state index contributed by atoms with van der Waals surface area (Å²) in [6.45, 7) is 30.8. The molecule has 0 saturated heterocycles. The summed E-state index contributed by atoms with van der Waals surface area (Å²) in [4.78, 5) is 19.0. The van der Waals surface area contributed by atoms with Gasteiger partial charge in [-0.25, -0.2) is 0 Å². The maximum absolute atomic E-state index is 5.84. The molecule has 0 saturated carbocycles. The van der Waals surface area contributed by atoms with Gasteiger partial charge >= 0.3 is 66.5 Å². The highest BCUT2D eigenvalue weighted by Crippen LogP contribution is 2.42. The molecule has 4 aromatic heterocycles. The minimum atomic E-state index is -0.229. The van der Waals surface area contributed by atoms with Gasteiger partial charge in [0, 0.05) is 78.8 Å². The highest BCUT2D eigenvalue weighted by atomic mass is 31.0. The Kier molecular flexibility index (Phi) is 28.0. The maximum atomic E-state index is 5.84. The van der Waals surface area contributed by atoms with Gasteiger partial charge in [-0.3, -0.25) is 19.9 Å². The van der Waals surface area contributed by atoms with Gasteiger partial charge in [-0.05, 0) is 124 Å². The van der Waals surface area contributed by atoms with Crippen LogP contribution in [0.15, 0.2) is 146 Å². The van der Waals surface area contributed by atoms with Gasteiger partial charge in [0.1, 0.15) is 0 Å². The molecule has 4 aromatic carbocycles. The highest BCUT2D eigenvalue weighted by Gasteiger charge is 2.32. The predicted octanol–water partition coefficient (Wildman–Crippen LogP) is 14.1. The van der Waals surface area contributed by atoms with Gasteiger partial charge in [0.15, 0.2) is 0 Å². The van der Waals surface area contributed by atoms with Gasteiger partial charge in [0.2, 0.25) is 0 Å². The Labute approximate surface area is 547 Å². The van der Waals surface area contributed by atoms with Crippen molar-refractivity contribution in [3.05, 3.63) is 236 Å². The fourth-order valence-corrected chi connectivity index (χ4v) is 12.5. The summed E-state index contributed by atoms with van der Waals surface area (Å²) in [5.41, 5.74) is 23.2. The van der Waals surface area contributed by atoms with E-state index in [1.54, 1.807) is 49.9 Å². The van der Waals surface area contributed by atoms with Crippen molar-refractivity contribution in [2.24, 2.45) is 5.73 Å². The fourth-order valence-electron chi connectivity index (χ4n) is 10.8. The second-order valence-corrected chi connectivity index (χ2v) is 25.4. The molecule has 0 spiro atoms. The highest BCUT2D eigenvalue weighted by molar-refractivity contribution is 7.16. The van der Waals surface area contributed by atoms with Crippen LogP contribution < -0.4 is 20.9 Å². The summed E-state index contributed by atoms with van der Waals surface area (Å²) in [7, 11) is 2.78. The van der Waals surface area contributed by atoms with Crippen molar-refractivity contribution in [2.45, 2.75) is 170 Å². The summed E-state index contributed by atoms with van der Waals surface area (Å²) < 4.78 is 23.0. The second kappa shape index (κ2) is 33.5. The van der Waals surface area contributed by atoms with Crippen LogP contribution in [0.3, 0.4) is 0 Å². The predicted molar refractivity (Wildman–Crippen MR) is 365 cm³/mol. The van der Waals surface area contributed by atoms with Crippen molar-refractivity contribution >= 4 is 75.7 Å². The molecule has 442 valence electrons. The van der Waals surface area contributed by atoms with Crippen LogP contribution in [0.2, 0.25) is 0 Å². The molecule has 9 nitrogen and oxygen atoms in total. The van der Waals surface area contributed by atoms with E-state index in [-0.39, 0.29) is 21.7 Å². The molecule has 2 N–H and O–H groups in total. The largest absolute Gasteiger partial charge is 0.650 e. The Morgan fingerprint density at radius 2 is 0.694 bits per heavy atom. The van der Waals surface area contributed by atoms with Crippen molar-refractivity contribution in [3.8, 4) is 23.0 Å². The number of rotatable bonds is 21. The Morgan fingerprint density at radius 1 is 0.388 bits per heavy atom. The fraction of sp³-hybridized carbons (Fsp3) is 0.380. The van der Waals surface area contributed by atoms with Gasteiger partial charge in [0.05, 0.1) is 45.8 Å². The zero-order chi connectivity index (χ0) is 62.5. The Hall–Kier alpha value is -4.80. The van der Waals surface area contributed by atoms with E-state index >= 15 is 0 Å². The summed E-state index contributed by atoms with van der Waals surface area (Å²) in [5.74, 6) is 3.94. The molecule has 1 atom stereocenters. The number of hydrogen-bond donors (Lipinski definition) is 1. The molecule has 0 aliphatic rings. The summed E-state index contributed by atoms with van der Waals surface area (Å²) in [6.07, 6.45) is 8.60. The molecule has 8 rings (SSSR count). The van der Waals surface area contributed by atoms with Crippen molar-refractivity contribution in [2.75, 3.05) is 6.16 Å². The third-order valence-corrected chi connectivity index (χ3v) is 17.4. The first kappa shape index (κ1) is 71.0. The topological polar surface area (TPSA) is 115 Å². The van der Waals surface area contributed by atoms with Crippen LogP contribution in [0.25, 0.3) is 0 Å². The zero-order valence-electron chi connectivity index (χ0n) is 53.6. The lowest BCUT2D eigenvalue weighted by molar-refractivity contribution is 0.540. The summed E-state index contributed by atoms with van der Waals surface area (Å²) in [5, 5.41) is 0. The second-order valence-electron chi connectivity index (χ2n) is 23.7. The number of pyridine rings is 4. The molecule has 4 heterocycles. The van der Waals surface area contributed by atoms with Gasteiger partial charge in [-0.2, -0.15) is 0 Å². The van der Waals surface area contributed by atoms with E-state index in [0.717, 1.165) is 118 Å². The average molecular weight is 1220 g/mol. The van der Waals surface area contributed by atoms with E-state index in [4.69, 9.17) is 35.8 Å². The minimum absolute atomic E-state index is 0.175. The third-order valence-electron chi connectivity index (χ3n) is 16.0. The van der Waals surface area contributed by atoms with Crippen molar-refractivity contribution in [1.29, 1.82) is 0 Å². The number of nitrogens with two attached hydrogens (primary N) is 1. The normalized spacial score (nSPS) is 11.4. The number of hydrogen-bond acceptors (Lipinski definition) is 9. The number of aryl methyl sites for hydroxylation is 7. The summed E-state index contributed by atoms with van der Waals surface area (Å²) in [6, 6.07) is 50.4. The molecule has 4 radical (unpaired) electrons. The SMILES string of the molecule is CCCCc1cccc(C(C)(C)c2cccc(CC)n2)c1[O][AlH].CCCc1cccc(C(C)(C)c2cccc(C)n2)c1[O][AlH].Cc1cccc(C(C)(C)c2cccc(CCP)c2[O][AlH])n1.Cc1cccc(C(C)(C)c2cccc(CN)c2[O][AlH])n1. The van der Waals surface area contributed by atoms with Crippen LogP contribution in [-0.4, -0.2) is 92.6 Å². The van der Waals surface area contributed by atoms with Gasteiger partial charge in [-0.1, -0.05) is 186 Å². The standard InChI is InChI=1S/C20H27NO.C18H23NO.C17H22NOP.C16H20N2O.4Al.4H/c1-5-7-10-15-11-8-13-17(19(15)22)20(3,4)18-14-9-12-16(6-2)21-18;1-5-8-14-10-7-11-15(17(14)20)18(3,4)16-12-6-9-13(2)19-16;1-12-6-4-9-15(18-12)17(2,3)14-8-5-7-13(10-11-20)16(14)19;1-11-6-4-9-14(18-11)16(2,3)13-8-5-7-12(10-17)15(13)19;;;;;;;;/h8-9,11-14,22H,5-7,10H2,1-4H3;6-7,9-12,20H,5,8H2,1-4H3;4-9,19H,10-11,20H2,1-3H3;4-9,19H,10,17H2,1-3H3;;;;;;;;/q;;;;4*+1;;;;/p-4. The van der Waals surface area contributed by atoms with E-state index < -0.39 is 0 Å². The van der Waals surface area contributed by atoms with Crippen LogP contribution in [0.4, 0.5) is 0 Å². The summed E-state index contributed by atoms with van der Waals surface area (Å²) >= 11 is 6.14. The van der Waals surface area contributed by atoms with E-state index in [2.05, 4.69) is 200 Å². The number of aromatic nitrogens is 4. The quantitative estimate of drug-likeness (QED) is 0.0555. The lowest BCUT2D eigenvalue weighted by atomic mass is 9.79. The zero-order valence-corrected chi connectivity index (χ0v) is 60.4. The van der Waals surface area contributed by atoms with Gasteiger partial charge in [-0.15, -0.1) is 9.24 Å². The van der Waals surface area contributed by atoms with Crippen LogP contribution >= 0.6 is 9.24 Å². The molecule has 0 bridgehead atoms. The van der Waals surface area contributed by atoms with E-state index in [1.807, 2.05) is 57.2 Å². The monoisotopic (exact) mass is 1220 g/mol. The van der Waals surface area contributed by atoms with Crippen LogP contribution in [0.1, 0.15) is 185 Å². The molecule has 0 aliphatic carbocycles. The smallest absolute Gasteiger partial charge is 0.494 e. The van der Waals surface area contributed by atoms with Crippen LogP contribution in [0, 0.1) is 20.8 Å². The van der Waals surface area contributed by atoms with E-state index in [0.29, 0.717) is 6.54 Å². The molecule has 0 amide bonds. The molecule has 14 heteroatoms. The molecule has 8 aromatic rings. The Morgan fingerprint density at radius 3 is 1.00 bits per heavy atom. The third kappa shape index (κ3) is 18.2. The Bertz CT molecular complexity index is 3300. The maximum Gasteiger partial charge on any atom is 0.494 e. The number of para-hydroxylation sites is 4. The molecule has 1 unspecified atom stereocenters. The molecule has 85 heavy (non-hydrogen) atoms. The van der Waals surface area contributed by atoms with E-state index in [9.17, 15) is 0 Å². The minimum Gasteiger partial charge on any atom is -0.650 e. The average Bonchev–Trinajstić information content (AvgIpc) is 2.48.